The van der Waals surface area contributed by atoms with Crippen molar-refractivity contribution < 1.29 is 9.84 Å². The van der Waals surface area contributed by atoms with Crippen LogP contribution in [-0.2, 0) is 11.3 Å². The average molecular weight is 274 g/mol. The van der Waals surface area contributed by atoms with Crippen molar-refractivity contribution in [2.45, 2.75) is 39.4 Å². The van der Waals surface area contributed by atoms with Gasteiger partial charge in [-0.15, -0.1) is 6.58 Å². The second kappa shape index (κ2) is 9.51. The Morgan fingerprint density at radius 2 is 2.05 bits per heavy atom. The minimum absolute atomic E-state index is 0.150. The molecule has 0 aliphatic carbocycles. The maximum atomic E-state index is 9.86. The molecule has 2 nitrogen and oxygen atoms in total. The molecule has 1 aromatic carbocycles. The largest absolute Gasteiger partial charge is 0.393 e. The number of aliphatic hydroxyl groups excluding tert-OH is 1. The summed E-state index contributed by atoms with van der Waals surface area (Å²) < 4.78 is 5.61. The van der Waals surface area contributed by atoms with Crippen LogP contribution in [0.15, 0.2) is 54.6 Å². The van der Waals surface area contributed by atoms with Crippen molar-refractivity contribution in [1.29, 1.82) is 0 Å². The van der Waals surface area contributed by atoms with Crippen molar-refractivity contribution in [1.82, 2.24) is 0 Å². The Balaban J connectivity index is 2.20. The Hall–Kier alpha value is -1.38. The number of hydrogen-bond donors (Lipinski definition) is 1. The Morgan fingerprint density at radius 1 is 1.35 bits per heavy atom. The highest BCUT2D eigenvalue weighted by Crippen LogP contribution is 2.14. The number of aliphatic hydroxyl groups is 1. The molecule has 2 heteroatoms. The third kappa shape index (κ3) is 6.69. The van der Waals surface area contributed by atoms with E-state index in [1.54, 1.807) is 6.08 Å². The molecule has 0 saturated heterocycles. The Bertz CT molecular complexity index is 409. The van der Waals surface area contributed by atoms with Gasteiger partial charge < -0.3 is 9.84 Å². The number of allylic oxidation sites excluding steroid dienone is 1. The lowest BCUT2D eigenvalue weighted by Crippen LogP contribution is -2.15. The van der Waals surface area contributed by atoms with Crippen molar-refractivity contribution in [3.63, 3.8) is 0 Å². The molecule has 0 aromatic heterocycles. The summed E-state index contributed by atoms with van der Waals surface area (Å²) in [5.74, 6) is 0.150. The molecule has 1 aromatic rings. The Morgan fingerprint density at radius 3 is 2.70 bits per heavy atom. The summed E-state index contributed by atoms with van der Waals surface area (Å²) in [5, 5.41) is 9.86. The van der Waals surface area contributed by atoms with Gasteiger partial charge in [0, 0.05) is 0 Å². The zero-order valence-electron chi connectivity index (χ0n) is 12.6. The maximum Gasteiger partial charge on any atom is 0.0721 e. The van der Waals surface area contributed by atoms with E-state index < -0.39 is 0 Å². The van der Waals surface area contributed by atoms with Gasteiger partial charge in [0.2, 0.25) is 0 Å². The molecule has 110 valence electrons. The van der Waals surface area contributed by atoms with E-state index in [-0.39, 0.29) is 12.0 Å². The summed E-state index contributed by atoms with van der Waals surface area (Å²) in [6.45, 7) is 9.03. The molecule has 0 radical (unpaired) electrons. The van der Waals surface area contributed by atoms with Crippen LogP contribution in [0.4, 0.5) is 0 Å². The van der Waals surface area contributed by atoms with E-state index in [4.69, 9.17) is 4.74 Å². The molecule has 0 saturated carbocycles. The van der Waals surface area contributed by atoms with E-state index in [2.05, 4.69) is 31.7 Å². The van der Waals surface area contributed by atoms with Crippen LogP contribution in [-0.4, -0.2) is 17.8 Å². The summed E-state index contributed by atoms with van der Waals surface area (Å²) in [7, 11) is 0. The summed E-state index contributed by atoms with van der Waals surface area (Å²) in [5.41, 5.74) is 2.45. The third-order valence-electron chi connectivity index (χ3n) is 3.47. The lowest BCUT2D eigenvalue weighted by molar-refractivity contribution is 0.128. The Kier molecular flexibility index (Phi) is 7.93. The fourth-order valence-corrected chi connectivity index (χ4v) is 1.85. The highest BCUT2D eigenvalue weighted by Gasteiger charge is 2.09. The van der Waals surface area contributed by atoms with Gasteiger partial charge in [-0.2, -0.15) is 0 Å². The van der Waals surface area contributed by atoms with Crippen molar-refractivity contribution in [3.05, 3.63) is 60.2 Å². The molecule has 0 bridgehead atoms. The molecule has 2 unspecified atom stereocenters. The fraction of sp³-hybridized carbons (Fsp3) is 0.444. The van der Waals surface area contributed by atoms with Gasteiger partial charge in [-0.1, -0.05) is 55.0 Å². The molecule has 1 N–H and O–H groups in total. The van der Waals surface area contributed by atoms with Crippen molar-refractivity contribution >= 4 is 0 Å². The van der Waals surface area contributed by atoms with Gasteiger partial charge in [-0.05, 0) is 31.2 Å². The van der Waals surface area contributed by atoms with Gasteiger partial charge in [0.15, 0.2) is 0 Å². The van der Waals surface area contributed by atoms with Crippen molar-refractivity contribution in [2.75, 3.05) is 6.61 Å². The van der Waals surface area contributed by atoms with Crippen molar-refractivity contribution in [2.24, 2.45) is 5.92 Å². The van der Waals surface area contributed by atoms with Gasteiger partial charge >= 0.3 is 0 Å². The number of benzene rings is 1. The van der Waals surface area contributed by atoms with E-state index >= 15 is 0 Å². The van der Waals surface area contributed by atoms with Crippen LogP contribution in [0.25, 0.3) is 0 Å². The minimum Gasteiger partial charge on any atom is -0.393 e. The van der Waals surface area contributed by atoms with Gasteiger partial charge in [-0.3, -0.25) is 0 Å². The van der Waals surface area contributed by atoms with Gasteiger partial charge in [0.25, 0.3) is 0 Å². The second-order valence-corrected chi connectivity index (χ2v) is 5.25. The van der Waals surface area contributed by atoms with E-state index in [1.165, 1.54) is 11.1 Å². The van der Waals surface area contributed by atoms with Crippen LogP contribution in [0.1, 0.15) is 32.3 Å². The van der Waals surface area contributed by atoms with Crippen LogP contribution >= 0.6 is 0 Å². The van der Waals surface area contributed by atoms with Crippen molar-refractivity contribution in [3.8, 4) is 0 Å². The van der Waals surface area contributed by atoms with Gasteiger partial charge in [0.1, 0.15) is 0 Å². The van der Waals surface area contributed by atoms with Crippen LogP contribution in [0.5, 0.6) is 0 Å². The topological polar surface area (TPSA) is 29.5 Å². The van der Waals surface area contributed by atoms with Crippen LogP contribution in [0.2, 0.25) is 0 Å². The summed E-state index contributed by atoms with van der Waals surface area (Å²) in [6.07, 6.45) is 5.25. The normalized spacial score (nSPS) is 14.8. The summed E-state index contributed by atoms with van der Waals surface area (Å²) >= 11 is 0. The first-order valence-electron chi connectivity index (χ1n) is 7.21. The zero-order valence-corrected chi connectivity index (χ0v) is 12.6. The quantitative estimate of drug-likeness (QED) is 0.542. The lowest BCUT2D eigenvalue weighted by Gasteiger charge is -2.15. The van der Waals surface area contributed by atoms with Gasteiger partial charge in [-0.25, -0.2) is 0 Å². The fourth-order valence-electron chi connectivity index (χ4n) is 1.85. The standard InChI is InChI=1S/C18H26O2/c1-4-16(3)18(19)11-10-15(2)12-13-20-14-17-8-6-5-7-9-17/h4-9,12,16,18-19H,1,10-11,13-14H2,2-3H3. The minimum atomic E-state index is -0.305. The number of ether oxygens (including phenoxy) is 1. The Labute approximate surface area is 122 Å². The van der Waals surface area contributed by atoms with E-state index in [9.17, 15) is 5.11 Å². The highest BCUT2D eigenvalue weighted by atomic mass is 16.5. The smallest absolute Gasteiger partial charge is 0.0721 e. The average Bonchev–Trinajstić information content (AvgIpc) is 2.49. The molecule has 0 aliphatic heterocycles. The molecule has 0 aliphatic rings. The molecule has 0 fully saturated rings. The third-order valence-corrected chi connectivity index (χ3v) is 3.47. The first kappa shape index (κ1) is 16.7. The molecule has 20 heavy (non-hydrogen) atoms. The summed E-state index contributed by atoms with van der Waals surface area (Å²) in [6, 6.07) is 10.2. The first-order valence-corrected chi connectivity index (χ1v) is 7.21. The first-order chi connectivity index (χ1) is 9.63. The molecule has 1 rings (SSSR count). The highest BCUT2D eigenvalue weighted by molar-refractivity contribution is 5.13. The van der Waals surface area contributed by atoms with E-state index in [0.717, 1.165) is 12.8 Å². The van der Waals surface area contributed by atoms with Crippen LogP contribution in [0.3, 0.4) is 0 Å². The molecular formula is C18H26O2. The number of hydrogen-bond acceptors (Lipinski definition) is 2. The van der Waals surface area contributed by atoms with Crippen LogP contribution < -0.4 is 0 Å². The number of rotatable bonds is 9. The van der Waals surface area contributed by atoms with E-state index in [0.29, 0.717) is 13.2 Å². The zero-order chi connectivity index (χ0) is 14.8. The predicted octanol–water partition coefficient (Wildman–Crippen LogP) is 4.11. The lowest BCUT2D eigenvalue weighted by atomic mass is 9.98. The predicted molar refractivity (Wildman–Crippen MR) is 84.5 cm³/mol. The monoisotopic (exact) mass is 274 g/mol. The van der Waals surface area contributed by atoms with Gasteiger partial charge in [0.05, 0.1) is 19.3 Å². The molecule has 0 spiro atoms. The SMILES string of the molecule is C=CC(C)C(O)CCC(C)=CCOCc1ccccc1. The van der Waals surface area contributed by atoms with Crippen LogP contribution in [0, 0.1) is 5.92 Å². The molecule has 0 amide bonds. The van der Waals surface area contributed by atoms with E-state index in [1.807, 2.05) is 25.1 Å². The summed E-state index contributed by atoms with van der Waals surface area (Å²) in [4.78, 5) is 0. The molecule has 2 atom stereocenters. The molecular weight excluding hydrogens is 248 g/mol. The molecule has 0 heterocycles. The second-order valence-electron chi connectivity index (χ2n) is 5.25. The maximum absolute atomic E-state index is 9.86.